The fourth-order valence-corrected chi connectivity index (χ4v) is 6.03. The number of nitrogens with zero attached hydrogens (tertiary/aromatic N) is 2. The number of nitrogens with one attached hydrogen (secondary N) is 1. The van der Waals surface area contributed by atoms with Crippen LogP contribution in [0.15, 0.2) is 41.3 Å². The van der Waals surface area contributed by atoms with Crippen molar-refractivity contribution < 1.29 is 27.5 Å². The number of hydrogen-bond acceptors (Lipinski definition) is 6. The van der Waals surface area contributed by atoms with E-state index in [1.54, 1.807) is 18.2 Å². The summed E-state index contributed by atoms with van der Waals surface area (Å²) in [6.45, 7) is 5.20. The van der Waals surface area contributed by atoms with Crippen molar-refractivity contribution in [2.45, 2.75) is 31.6 Å². The van der Waals surface area contributed by atoms with Gasteiger partial charge >= 0.3 is 0 Å². The van der Waals surface area contributed by atoms with Crippen LogP contribution >= 0.6 is 11.6 Å². The van der Waals surface area contributed by atoms with Crippen LogP contribution in [0.4, 0.5) is 5.69 Å². The van der Waals surface area contributed by atoms with Crippen LogP contribution in [0.1, 0.15) is 25.3 Å². The predicted octanol–water partition coefficient (Wildman–Crippen LogP) is 3.31. The van der Waals surface area contributed by atoms with E-state index >= 15 is 0 Å². The number of rotatable bonds is 7. The van der Waals surface area contributed by atoms with Gasteiger partial charge in [0.15, 0.2) is 11.5 Å². The molecule has 4 rings (SSSR count). The summed E-state index contributed by atoms with van der Waals surface area (Å²) >= 11 is 6.03. The number of aryl methyl sites for hydroxylation is 1. The van der Waals surface area contributed by atoms with E-state index < -0.39 is 10.0 Å². The lowest BCUT2D eigenvalue weighted by Crippen LogP contribution is -2.46. The quantitative estimate of drug-likeness (QED) is 0.583. The van der Waals surface area contributed by atoms with Crippen molar-refractivity contribution >= 4 is 39.1 Å². The second kappa shape index (κ2) is 11.1. The number of benzene rings is 2. The van der Waals surface area contributed by atoms with Crippen LogP contribution in [0.25, 0.3) is 0 Å². The van der Waals surface area contributed by atoms with Gasteiger partial charge in [0.25, 0.3) is 0 Å². The number of carbonyl (C=O) groups is 2. The minimum Gasteiger partial charge on any atom is -0.486 e. The van der Waals surface area contributed by atoms with Gasteiger partial charge in [-0.3, -0.25) is 9.59 Å². The van der Waals surface area contributed by atoms with Gasteiger partial charge in [-0.1, -0.05) is 17.7 Å². The molecule has 2 aromatic rings. The Balaban J connectivity index is 1.35. The van der Waals surface area contributed by atoms with Gasteiger partial charge in [0, 0.05) is 42.3 Å². The lowest BCUT2D eigenvalue weighted by Gasteiger charge is -2.33. The van der Waals surface area contributed by atoms with Crippen LogP contribution in [0.2, 0.25) is 5.02 Å². The van der Waals surface area contributed by atoms with E-state index in [0.717, 1.165) is 5.56 Å². The van der Waals surface area contributed by atoms with Crippen molar-refractivity contribution in [3.8, 4) is 11.5 Å². The summed E-state index contributed by atoms with van der Waals surface area (Å²) in [5, 5.41) is 3.33. The Labute approximate surface area is 216 Å². The molecule has 36 heavy (non-hydrogen) atoms. The molecule has 0 saturated carbocycles. The minimum absolute atomic E-state index is 0.0863. The first-order valence-corrected chi connectivity index (χ1v) is 13.8. The summed E-state index contributed by atoms with van der Waals surface area (Å²) in [5.74, 6) is 0.134. The van der Waals surface area contributed by atoms with Gasteiger partial charge in [0.05, 0.1) is 11.4 Å². The van der Waals surface area contributed by atoms with Crippen molar-refractivity contribution in [1.82, 2.24) is 9.21 Å². The summed E-state index contributed by atoms with van der Waals surface area (Å²) in [6, 6.07) is 9.83. The summed E-state index contributed by atoms with van der Waals surface area (Å²) in [7, 11) is -3.73. The molecule has 0 radical (unpaired) electrons. The fourth-order valence-electron chi connectivity index (χ4n) is 4.37. The highest BCUT2D eigenvalue weighted by Gasteiger charge is 2.34. The van der Waals surface area contributed by atoms with Crippen molar-refractivity contribution in [3.05, 3.63) is 47.0 Å². The minimum atomic E-state index is -3.73. The molecule has 1 N–H and O–H groups in total. The highest BCUT2D eigenvalue weighted by atomic mass is 35.5. The number of anilines is 1. The zero-order chi connectivity index (χ0) is 25.9. The summed E-state index contributed by atoms with van der Waals surface area (Å²) < 4.78 is 38.7. The third kappa shape index (κ3) is 5.77. The number of ether oxygens (including phenoxy) is 2. The van der Waals surface area contributed by atoms with Crippen molar-refractivity contribution in [1.29, 1.82) is 0 Å². The molecule has 2 aliphatic rings. The molecule has 194 valence electrons. The first-order chi connectivity index (χ1) is 17.2. The van der Waals surface area contributed by atoms with Crippen LogP contribution < -0.4 is 14.8 Å². The average molecular weight is 536 g/mol. The molecule has 0 aliphatic carbocycles. The topological polar surface area (TPSA) is 105 Å². The fraction of sp³-hybridized carbons (Fsp3) is 0.440. The van der Waals surface area contributed by atoms with Crippen LogP contribution in [-0.2, 0) is 19.6 Å². The summed E-state index contributed by atoms with van der Waals surface area (Å²) in [6.07, 6.45) is 0.766. The van der Waals surface area contributed by atoms with E-state index in [1.807, 2.05) is 19.9 Å². The van der Waals surface area contributed by atoms with Gasteiger partial charge in [0.1, 0.15) is 13.2 Å². The molecule has 0 atom stereocenters. The van der Waals surface area contributed by atoms with E-state index in [9.17, 15) is 18.0 Å². The molecular formula is C25H30ClN3O6S. The molecule has 0 spiro atoms. The number of piperidine rings is 1. The Morgan fingerprint density at radius 1 is 1.08 bits per heavy atom. The third-order valence-corrected chi connectivity index (χ3v) is 8.59. The summed E-state index contributed by atoms with van der Waals surface area (Å²) in [5.41, 5.74) is 1.47. The van der Waals surface area contributed by atoms with Crippen LogP contribution in [0.5, 0.6) is 11.5 Å². The van der Waals surface area contributed by atoms with Gasteiger partial charge in [-0.2, -0.15) is 4.31 Å². The van der Waals surface area contributed by atoms with Crippen LogP contribution in [-0.4, -0.2) is 68.8 Å². The van der Waals surface area contributed by atoms with Gasteiger partial charge < -0.3 is 19.7 Å². The van der Waals surface area contributed by atoms with E-state index in [1.165, 1.54) is 21.3 Å². The molecular weight excluding hydrogens is 506 g/mol. The Morgan fingerprint density at radius 3 is 2.47 bits per heavy atom. The number of halogens is 1. The maximum absolute atomic E-state index is 13.2. The molecule has 2 amide bonds. The predicted molar refractivity (Wildman–Crippen MR) is 136 cm³/mol. The molecule has 0 unspecified atom stereocenters. The number of hydrogen-bond donors (Lipinski definition) is 1. The second-order valence-corrected chi connectivity index (χ2v) is 11.2. The lowest BCUT2D eigenvalue weighted by atomic mass is 9.96. The molecule has 1 saturated heterocycles. The molecule has 0 aromatic heterocycles. The SMILES string of the molecule is CCN(CC(=O)Nc1cc(Cl)ccc1C)C(=O)C1CCN(S(=O)(=O)c2ccc3c(c2)OCCO3)CC1. The monoisotopic (exact) mass is 535 g/mol. The Hall–Kier alpha value is -2.82. The van der Waals surface area contributed by atoms with Crippen molar-refractivity contribution in [2.24, 2.45) is 5.92 Å². The number of amides is 2. The molecule has 1 fully saturated rings. The molecule has 11 heteroatoms. The molecule has 9 nitrogen and oxygen atoms in total. The van der Waals surface area contributed by atoms with E-state index in [2.05, 4.69) is 5.32 Å². The smallest absolute Gasteiger partial charge is 0.244 e. The highest BCUT2D eigenvalue weighted by Crippen LogP contribution is 2.34. The first kappa shape index (κ1) is 26.2. The molecule has 0 bridgehead atoms. The van der Waals surface area contributed by atoms with Crippen molar-refractivity contribution in [2.75, 3.05) is 44.7 Å². The van der Waals surface area contributed by atoms with E-state index in [4.69, 9.17) is 21.1 Å². The standard InChI is InChI=1S/C25H30ClN3O6S/c1-3-28(16-24(30)27-21-14-19(26)5-4-17(21)2)25(31)18-8-10-29(11-9-18)36(32,33)20-6-7-22-23(15-20)35-13-12-34-22/h4-7,14-15,18H,3,8-13,16H2,1-2H3,(H,27,30). The number of carbonyl (C=O) groups excluding carboxylic acids is 2. The number of likely N-dealkylation sites (N-methyl/N-ethyl adjacent to an activating group) is 1. The molecule has 2 heterocycles. The van der Waals surface area contributed by atoms with Crippen molar-refractivity contribution in [3.63, 3.8) is 0 Å². The lowest BCUT2D eigenvalue weighted by molar-refractivity contribution is -0.139. The molecule has 2 aromatic carbocycles. The van der Waals surface area contributed by atoms with Gasteiger partial charge in [0.2, 0.25) is 21.8 Å². The van der Waals surface area contributed by atoms with Crippen LogP contribution in [0.3, 0.4) is 0 Å². The highest BCUT2D eigenvalue weighted by molar-refractivity contribution is 7.89. The Kier molecular flexibility index (Phi) is 8.07. The second-order valence-electron chi connectivity index (χ2n) is 8.84. The zero-order valence-electron chi connectivity index (χ0n) is 20.3. The van der Waals surface area contributed by atoms with E-state index in [0.29, 0.717) is 54.8 Å². The Bertz CT molecular complexity index is 1240. The summed E-state index contributed by atoms with van der Waals surface area (Å²) in [4.78, 5) is 27.4. The Morgan fingerprint density at radius 2 is 1.78 bits per heavy atom. The average Bonchev–Trinajstić information content (AvgIpc) is 2.88. The van der Waals surface area contributed by atoms with Gasteiger partial charge in [-0.15, -0.1) is 0 Å². The zero-order valence-corrected chi connectivity index (χ0v) is 21.9. The van der Waals surface area contributed by atoms with E-state index in [-0.39, 0.29) is 42.3 Å². The normalized spacial score (nSPS) is 16.4. The first-order valence-electron chi connectivity index (χ1n) is 11.9. The van der Waals surface area contributed by atoms with Crippen LogP contribution in [0, 0.1) is 12.8 Å². The number of sulfonamides is 1. The largest absolute Gasteiger partial charge is 0.486 e. The third-order valence-electron chi connectivity index (χ3n) is 6.46. The molecule has 2 aliphatic heterocycles. The van der Waals surface area contributed by atoms with Gasteiger partial charge in [-0.25, -0.2) is 8.42 Å². The maximum Gasteiger partial charge on any atom is 0.244 e. The number of fused-ring (bicyclic) bond motifs is 1. The van der Waals surface area contributed by atoms with Gasteiger partial charge in [-0.05, 0) is 56.5 Å². The maximum atomic E-state index is 13.2.